The van der Waals surface area contributed by atoms with Crippen molar-refractivity contribution in [3.63, 3.8) is 0 Å². The zero-order chi connectivity index (χ0) is 19.2. The molecule has 0 unspecified atom stereocenters. The van der Waals surface area contributed by atoms with Crippen molar-refractivity contribution >= 4 is 23.4 Å². The van der Waals surface area contributed by atoms with Crippen LogP contribution in [0.4, 0.5) is 10.1 Å². The molecule has 1 N–H and O–H groups in total. The molecule has 3 rings (SSSR count). The topological polar surface area (TPSA) is 59.8 Å². The lowest BCUT2D eigenvalue weighted by Gasteiger charge is -2.13. The number of hydrogen-bond acceptors (Lipinski definition) is 4. The summed E-state index contributed by atoms with van der Waals surface area (Å²) in [6, 6.07) is 15.8. The zero-order valence-electron chi connectivity index (χ0n) is 14.8. The fourth-order valence-electron chi connectivity index (χ4n) is 2.48. The summed E-state index contributed by atoms with van der Waals surface area (Å²) in [6.07, 6.45) is 1.75. The number of thioether (sulfide) groups is 1. The van der Waals surface area contributed by atoms with Crippen LogP contribution in [0.5, 0.6) is 0 Å². The second-order valence-electron chi connectivity index (χ2n) is 5.80. The van der Waals surface area contributed by atoms with Crippen LogP contribution >= 0.6 is 11.8 Å². The predicted octanol–water partition coefficient (Wildman–Crippen LogP) is 4.39. The van der Waals surface area contributed by atoms with Gasteiger partial charge in [-0.1, -0.05) is 60.3 Å². The summed E-state index contributed by atoms with van der Waals surface area (Å²) >= 11 is 1.27. The molecular weight excluding hydrogens is 363 g/mol. The summed E-state index contributed by atoms with van der Waals surface area (Å²) in [5.41, 5.74) is 1.09. The maximum Gasteiger partial charge on any atom is 0.237 e. The van der Waals surface area contributed by atoms with Crippen LogP contribution in [0.3, 0.4) is 0 Å². The molecule has 0 aliphatic heterocycles. The van der Waals surface area contributed by atoms with E-state index in [9.17, 15) is 9.18 Å². The highest BCUT2D eigenvalue weighted by Crippen LogP contribution is 2.27. The normalized spacial score (nSPS) is 11.8. The van der Waals surface area contributed by atoms with E-state index in [0.717, 1.165) is 5.56 Å². The summed E-state index contributed by atoms with van der Waals surface area (Å²) in [4.78, 5) is 12.4. The van der Waals surface area contributed by atoms with E-state index in [4.69, 9.17) is 0 Å². The van der Waals surface area contributed by atoms with E-state index >= 15 is 0 Å². The summed E-state index contributed by atoms with van der Waals surface area (Å²) in [7, 11) is 0. The van der Waals surface area contributed by atoms with Gasteiger partial charge in [0.2, 0.25) is 5.91 Å². The molecule has 0 bridgehead atoms. The molecule has 0 spiro atoms. The molecule has 1 heterocycles. The second-order valence-corrected chi connectivity index (χ2v) is 7.11. The monoisotopic (exact) mass is 382 g/mol. The van der Waals surface area contributed by atoms with E-state index in [1.165, 1.54) is 23.9 Å². The quantitative estimate of drug-likeness (QED) is 0.486. The minimum absolute atomic E-state index is 0.160. The Morgan fingerprint density at radius 2 is 1.93 bits per heavy atom. The largest absolute Gasteiger partial charge is 0.323 e. The molecule has 0 saturated heterocycles. The van der Waals surface area contributed by atoms with Gasteiger partial charge in [0, 0.05) is 12.1 Å². The van der Waals surface area contributed by atoms with Crippen LogP contribution < -0.4 is 5.32 Å². The van der Waals surface area contributed by atoms with E-state index in [2.05, 4.69) is 22.1 Å². The minimum Gasteiger partial charge on any atom is -0.323 e. The maximum atomic E-state index is 13.7. The first-order chi connectivity index (χ1) is 13.1. The van der Waals surface area contributed by atoms with Crippen molar-refractivity contribution in [1.82, 2.24) is 14.8 Å². The van der Waals surface area contributed by atoms with Crippen LogP contribution in [0.1, 0.15) is 6.92 Å². The van der Waals surface area contributed by atoms with Gasteiger partial charge in [-0.15, -0.1) is 16.8 Å². The van der Waals surface area contributed by atoms with Crippen molar-refractivity contribution in [3.8, 4) is 11.4 Å². The number of halogens is 1. The van der Waals surface area contributed by atoms with E-state index in [1.54, 1.807) is 25.1 Å². The van der Waals surface area contributed by atoms with Gasteiger partial charge in [-0.05, 0) is 19.1 Å². The first-order valence-corrected chi connectivity index (χ1v) is 9.29. The lowest BCUT2D eigenvalue weighted by Crippen LogP contribution is -2.23. The van der Waals surface area contributed by atoms with E-state index in [-0.39, 0.29) is 11.6 Å². The molecule has 2 aromatic carbocycles. The van der Waals surface area contributed by atoms with Gasteiger partial charge in [0.1, 0.15) is 5.82 Å². The fourth-order valence-corrected chi connectivity index (χ4v) is 3.34. The Hall–Kier alpha value is -2.93. The Balaban J connectivity index is 1.78. The lowest BCUT2D eigenvalue weighted by atomic mass is 10.2. The molecule has 0 radical (unpaired) electrons. The molecule has 0 aliphatic rings. The molecule has 1 aromatic heterocycles. The Morgan fingerprint density at radius 3 is 2.63 bits per heavy atom. The summed E-state index contributed by atoms with van der Waals surface area (Å²) in [5, 5.41) is 11.2. The van der Waals surface area contributed by atoms with Gasteiger partial charge >= 0.3 is 0 Å². The third-order valence-corrected chi connectivity index (χ3v) is 4.92. The molecule has 7 heteroatoms. The summed E-state index contributed by atoms with van der Waals surface area (Å²) in [6.45, 7) is 6.05. The number of para-hydroxylation sites is 1. The number of benzene rings is 2. The number of hydrogen-bond donors (Lipinski definition) is 1. The third-order valence-electron chi connectivity index (χ3n) is 3.84. The molecule has 3 aromatic rings. The SMILES string of the molecule is C=CCn1c(S[C@@H](C)C(=O)Nc2ccccc2F)nnc1-c1ccccc1. The Bertz CT molecular complexity index is 942. The number of carbonyl (C=O) groups is 1. The molecule has 5 nitrogen and oxygen atoms in total. The Kier molecular flexibility index (Phi) is 6.03. The van der Waals surface area contributed by atoms with Crippen LogP contribution in [-0.4, -0.2) is 25.9 Å². The van der Waals surface area contributed by atoms with Gasteiger partial charge in [-0.2, -0.15) is 0 Å². The fraction of sp³-hybridized carbons (Fsp3) is 0.150. The number of carbonyl (C=O) groups excluding carboxylic acids is 1. The van der Waals surface area contributed by atoms with Crippen molar-refractivity contribution < 1.29 is 9.18 Å². The number of nitrogens with one attached hydrogen (secondary N) is 1. The Labute approximate surface area is 161 Å². The number of amides is 1. The number of nitrogens with zero attached hydrogens (tertiary/aromatic N) is 3. The number of aromatic nitrogens is 3. The average molecular weight is 382 g/mol. The number of anilines is 1. The van der Waals surface area contributed by atoms with Gasteiger partial charge in [-0.25, -0.2) is 4.39 Å². The molecule has 1 amide bonds. The molecule has 27 heavy (non-hydrogen) atoms. The lowest BCUT2D eigenvalue weighted by molar-refractivity contribution is -0.115. The number of rotatable bonds is 7. The summed E-state index contributed by atoms with van der Waals surface area (Å²) < 4.78 is 15.6. The highest BCUT2D eigenvalue weighted by Gasteiger charge is 2.21. The first-order valence-electron chi connectivity index (χ1n) is 8.41. The third kappa shape index (κ3) is 4.43. The van der Waals surface area contributed by atoms with Gasteiger partial charge in [0.25, 0.3) is 0 Å². The van der Waals surface area contributed by atoms with Crippen molar-refractivity contribution in [3.05, 3.63) is 73.1 Å². The van der Waals surface area contributed by atoms with Gasteiger partial charge in [0.15, 0.2) is 11.0 Å². The van der Waals surface area contributed by atoms with E-state index in [0.29, 0.717) is 17.5 Å². The van der Waals surface area contributed by atoms with Crippen LogP contribution in [0.2, 0.25) is 0 Å². The van der Waals surface area contributed by atoms with Crippen LogP contribution in [0.15, 0.2) is 72.4 Å². The van der Waals surface area contributed by atoms with Crippen molar-refractivity contribution in [1.29, 1.82) is 0 Å². The molecular formula is C20H19FN4OS. The summed E-state index contributed by atoms with van der Waals surface area (Å²) in [5.74, 6) is -0.0662. The maximum absolute atomic E-state index is 13.7. The highest BCUT2D eigenvalue weighted by atomic mass is 32.2. The van der Waals surface area contributed by atoms with Crippen LogP contribution in [0, 0.1) is 5.82 Å². The van der Waals surface area contributed by atoms with Gasteiger partial charge < -0.3 is 5.32 Å². The van der Waals surface area contributed by atoms with Crippen molar-refractivity contribution in [2.45, 2.75) is 23.9 Å². The van der Waals surface area contributed by atoms with Crippen LogP contribution in [-0.2, 0) is 11.3 Å². The second kappa shape index (κ2) is 8.64. The smallest absolute Gasteiger partial charge is 0.237 e. The molecule has 0 fully saturated rings. The van der Waals surface area contributed by atoms with E-state index < -0.39 is 11.1 Å². The molecule has 138 valence electrons. The number of allylic oxidation sites excluding steroid dienone is 1. The molecule has 0 aliphatic carbocycles. The average Bonchev–Trinajstić information content (AvgIpc) is 3.07. The highest BCUT2D eigenvalue weighted by molar-refractivity contribution is 8.00. The Morgan fingerprint density at radius 1 is 1.22 bits per heavy atom. The molecule has 0 saturated carbocycles. The first kappa shape index (κ1) is 18.8. The van der Waals surface area contributed by atoms with Crippen molar-refractivity contribution in [2.24, 2.45) is 0 Å². The van der Waals surface area contributed by atoms with Crippen LogP contribution in [0.25, 0.3) is 11.4 Å². The standard InChI is InChI=1S/C20H19FN4OS/c1-3-13-25-18(15-9-5-4-6-10-15)23-24-20(25)27-14(2)19(26)22-17-12-8-7-11-16(17)21/h3-12,14H,1,13H2,2H3,(H,22,26)/t14-/m0/s1. The van der Waals surface area contributed by atoms with Gasteiger partial charge in [0.05, 0.1) is 10.9 Å². The predicted molar refractivity (Wildman–Crippen MR) is 106 cm³/mol. The van der Waals surface area contributed by atoms with Crippen molar-refractivity contribution in [2.75, 3.05) is 5.32 Å². The van der Waals surface area contributed by atoms with Gasteiger partial charge in [-0.3, -0.25) is 9.36 Å². The zero-order valence-corrected chi connectivity index (χ0v) is 15.6. The minimum atomic E-state index is -0.485. The molecule has 1 atom stereocenters. The van der Waals surface area contributed by atoms with E-state index in [1.807, 2.05) is 34.9 Å².